The number of likely N-dealkylation sites (tertiary alicyclic amines) is 1. The lowest BCUT2D eigenvalue weighted by molar-refractivity contribution is 0.269. The van der Waals surface area contributed by atoms with Gasteiger partial charge in [0.25, 0.3) is 0 Å². The van der Waals surface area contributed by atoms with Crippen molar-refractivity contribution in [1.82, 2.24) is 10.2 Å². The van der Waals surface area contributed by atoms with Gasteiger partial charge in [-0.3, -0.25) is 0 Å². The molecule has 1 saturated carbocycles. The van der Waals surface area contributed by atoms with E-state index in [9.17, 15) is 0 Å². The molecular weight excluding hydrogens is 196 g/mol. The molecule has 1 heterocycles. The summed E-state index contributed by atoms with van der Waals surface area (Å²) in [5.41, 5.74) is 0. The van der Waals surface area contributed by atoms with Gasteiger partial charge < -0.3 is 10.2 Å². The van der Waals surface area contributed by atoms with Crippen LogP contribution in [0.2, 0.25) is 0 Å². The SMILES string of the molecule is CC(CNC1CCCCC1)CN1CCCC1. The Morgan fingerprint density at radius 2 is 1.75 bits per heavy atom. The standard InChI is InChI=1S/C14H28N2/c1-13(12-16-9-5-6-10-16)11-15-14-7-3-2-4-8-14/h13-15H,2-12H2,1H3. The first-order valence-electron chi connectivity index (χ1n) is 7.30. The van der Waals surface area contributed by atoms with Crippen LogP contribution < -0.4 is 5.32 Å². The topological polar surface area (TPSA) is 15.3 Å². The third-order valence-corrected chi connectivity index (χ3v) is 4.13. The van der Waals surface area contributed by atoms with E-state index in [0.717, 1.165) is 12.0 Å². The van der Waals surface area contributed by atoms with Crippen LogP contribution in [-0.2, 0) is 0 Å². The highest BCUT2D eigenvalue weighted by Crippen LogP contribution is 2.17. The molecule has 2 aliphatic rings. The molecule has 2 heteroatoms. The minimum atomic E-state index is 0.819. The summed E-state index contributed by atoms with van der Waals surface area (Å²) < 4.78 is 0. The Bertz CT molecular complexity index is 181. The van der Waals surface area contributed by atoms with Gasteiger partial charge in [0.15, 0.2) is 0 Å². The van der Waals surface area contributed by atoms with Gasteiger partial charge >= 0.3 is 0 Å². The van der Waals surface area contributed by atoms with Crippen molar-refractivity contribution in [3.05, 3.63) is 0 Å². The molecule has 1 unspecified atom stereocenters. The molecular formula is C14H28N2. The van der Waals surface area contributed by atoms with Crippen LogP contribution >= 0.6 is 0 Å². The third-order valence-electron chi connectivity index (χ3n) is 4.13. The van der Waals surface area contributed by atoms with Crippen LogP contribution in [0.4, 0.5) is 0 Å². The molecule has 16 heavy (non-hydrogen) atoms. The molecule has 2 rings (SSSR count). The summed E-state index contributed by atoms with van der Waals surface area (Å²) in [6.45, 7) is 7.61. The fraction of sp³-hybridized carbons (Fsp3) is 1.00. The Labute approximate surface area is 101 Å². The van der Waals surface area contributed by atoms with E-state index in [1.165, 1.54) is 71.1 Å². The normalized spacial score (nSPS) is 26.1. The van der Waals surface area contributed by atoms with Crippen molar-refractivity contribution in [3.63, 3.8) is 0 Å². The number of hydrogen-bond acceptors (Lipinski definition) is 2. The highest BCUT2D eigenvalue weighted by atomic mass is 15.1. The molecule has 0 aromatic rings. The lowest BCUT2D eigenvalue weighted by Crippen LogP contribution is -2.37. The maximum absolute atomic E-state index is 3.77. The van der Waals surface area contributed by atoms with E-state index in [0.29, 0.717) is 0 Å². The van der Waals surface area contributed by atoms with Gasteiger partial charge in [-0.25, -0.2) is 0 Å². The highest BCUT2D eigenvalue weighted by Gasteiger charge is 2.16. The summed E-state index contributed by atoms with van der Waals surface area (Å²) in [6.07, 6.45) is 10.0. The van der Waals surface area contributed by atoms with Crippen molar-refractivity contribution in [3.8, 4) is 0 Å². The van der Waals surface area contributed by atoms with E-state index in [4.69, 9.17) is 0 Å². The number of nitrogens with zero attached hydrogens (tertiary/aromatic N) is 1. The van der Waals surface area contributed by atoms with Crippen LogP contribution in [0.25, 0.3) is 0 Å². The zero-order valence-electron chi connectivity index (χ0n) is 10.9. The predicted octanol–water partition coefficient (Wildman–Crippen LogP) is 2.64. The minimum Gasteiger partial charge on any atom is -0.314 e. The maximum atomic E-state index is 3.77. The van der Waals surface area contributed by atoms with E-state index in [1.807, 2.05) is 0 Å². The Hall–Kier alpha value is -0.0800. The van der Waals surface area contributed by atoms with E-state index < -0.39 is 0 Å². The van der Waals surface area contributed by atoms with Crippen molar-refractivity contribution in [2.24, 2.45) is 5.92 Å². The maximum Gasteiger partial charge on any atom is 0.00671 e. The molecule has 0 amide bonds. The van der Waals surface area contributed by atoms with Crippen molar-refractivity contribution in [1.29, 1.82) is 0 Å². The smallest absolute Gasteiger partial charge is 0.00671 e. The van der Waals surface area contributed by atoms with Crippen LogP contribution in [0.1, 0.15) is 51.9 Å². The molecule has 0 radical (unpaired) electrons. The molecule has 0 aromatic heterocycles. The molecule has 1 N–H and O–H groups in total. The second-order valence-electron chi connectivity index (χ2n) is 5.86. The summed E-state index contributed by atoms with van der Waals surface area (Å²) in [4.78, 5) is 2.63. The largest absolute Gasteiger partial charge is 0.314 e. The summed E-state index contributed by atoms with van der Waals surface area (Å²) in [7, 11) is 0. The predicted molar refractivity (Wildman–Crippen MR) is 69.7 cm³/mol. The molecule has 2 fully saturated rings. The fourth-order valence-electron chi connectivity index (χ4n) is 3.15. The number of nitrogens with one attached hydrogen (secondary N) is 1. The second-order valence-corrected chi connectivity index (χ2v) is 5.86. The van der Waals surface area contributed by atoms with Crippen molar-refractivity contribution in [2.75, 3.05) is 26.2 Å². The van der Waals surface area contributed by atoms with Crippen LogP contribution in [0.5, 0.6) is 0 Å². The van der Waals surface area contributed by atoms with Gasteiger partial charge in [-0.15, -0.1) is 0 Å². The molecule has 1 aliphatic carbocycles. The lowest BCUT2D eigenvalue weighted by atomic mass is 9.95. The minimum absolute atomic E-state index is 0.819. The van der Waals surface area contributed by atoms with Crippen LogP contribution in [-0.4, -0.2) is 37.1 Å². The first kappa shape index (κ1) is 12.4. The number of rotatable bonds is 5. The van der Waals surface area contributed by atoms with Gasteiger partial charge in [0.05, 0.1) is 0 Å². The van der Waals surface area contributed by atoms with Gasteiger partial charge in [-0.05, 0) is 51.2 Å². The summed E-state index contributed by atoms with van der Waals surface area (Å²) in [5, 5.41) is 3.77. The van der Waals surface area contributed by atoms with E-state index in [1.54, 1.807) is 0 Å². The van der Waals surface area contributed by atoms with Crippen molar-refractivity contribution >= 4 is 0 Å². The fourth-order valence-corrected chi connectivity index (χ4v) is 3.15. The zero-order valence-corrected chi connectivity index (χ0v) is 10.9. The lowest BCUT2D eigenvalue weighted by Gasteiger charge is -2.26. The van der Waals surface area contributed by atoms with Gasteiger partial charge in [-0.2, -0.15) is 0 Å². The zero-order chi connectivity index (χ0) is 11.2. The Kier molecular flexibility index (Phi) is 5.11. The molecule has 0 aromatic carbocycles. The third kappa shape index (κ3) is 4.06. The van der Waals surface area contributed by atoms with Crippen molar-refractivity contribution < 1.29 is 0 Å². The molecule has 94 valence electrons. The summed E-state index contributed by atoms with van der Waals surface area (Å²) in [6, 6.07) is 0.828. The Balaban J connectivity index is 1.57. The monoisotopic (exact) mass is 224 g/mol. The average Bonchev–Trinajstić information content (AvgIpc) is 2.81. The van der Waals surface area contributed by atoms with Crippen molar-refractivity contribution in [2.45, 2.75) is 57.9 Å². The van der Waals surface area contributed by atoms with Gasteiger partial charge in [-0.1, -0.05) is 26.2 Å². The van der Waals surface area contributed by atoms with Crippen LogP contribution in [0.3, 0.4) is 0 Å². The van der Waals surface area contributed by atoms with Gasteiger partial charge in [0.1, 0.15) is 0 Å². The first-order chi connectivity index (χ1) is 7.84. The molecule has 0 bridgehead atoms. The van der Waals surface area contributed by atoms with E-state index >= 15 is 0 Å². The Morgan fingerprint density at radius 1 is 1.06 bits per heavy atom. The Morgan fingerprint density at radius 3 is 2.44 bits per heavy atom. The molecule has 1 saturated heterocycles. The first-order valence-corrected chi connectivity index (χ1v) is 7.30. The second kappa shape index (κ2) is 6.61. The molecule has 2 nitrogen and oxygen atoms in total. The van der Waals surface area contributed by atoms with Gasteiger partial charge in [0, 0.05) is 12.6 Å². The molecule has 1 aliphatic heterocycles. The van der Waals surface area contributed by atoms with E-state index in [2.05, 4.69) is 17.1 Å². The molecule has 0 spiro atoms. The summed E-state index contributed by atoms with van der Waals surface area (Å²) >= 11 is 0. The van der Waals surface area contributed by atoms with Crippen LogP contribution in [0.15, 0.2) is 0 Å². The summed E-state index contributed by atoms with van der Waals surface area (Å²) in [5.74, 6) is 0.819. The number of hydrogen-bond donors (Lipinski definition) is 1. The molecule has 1 atom stereocenters. The average molecular weight is 224 g/mol. The quantitative estimate of drug-likeness (QED) is 0.772. The van der Waals surface area contributed by atoms with E-state index in [-0.39, 0.29) is 0 Å². The van der Waals surface area contributed by atoms with Crippen LogP contribution in [0, 0.1) is 5.92 Å². The highest BCUT2D eigenvalue weighted by molar-refractivity contribution is 4.75. The van der Waals surface area contributed by atoms with Gasteiger partial charge in [0.2, 0.25) is 0 Å².